The van der Waals surface area contributed by atoms with Gasteiger partial charge in [0.2, 0.25) is 5.95 Å². The highest BCUT2D eigenvalue weighted by molar-refractivity contribution is 7.98. The molecule has 0 aliphatic heterocycles. The molecule has 104 valence electrons. The van der Waals surface area contributed by atoms with E-state index in [-0.39, 0.29) is 11.6 Å². The number of nitrogen functional groups attached to an aromatic ring is 1. The van der Waals surface area contributed by atoms with Gasteiger partial charge in [0.15, 0.2) is 11.0 Å². The Morgan fingerprint density at radius 2 is 2.10 bits per heavy atom. The first-order valence-corrected chi connectivity index (χ1v) is 6.66. The molecule has 0 spiro atoms. The van der Waals surface area contributed by atoms with Gasteiger partial charge in [-0.3, -0.25) is 10.1 Å². The van der Waals surface area contributed by atoms with Crippen LogP contribution in [0.1, 0.15) is 0 Å². The lowest BCUT2D eigenvalue weighted by atomic mass is 10.1. The van der Waals surface area contributed by atoms with Crippen LogP contribution in [0, 0.1) is 10.1 Å². The van der Waals surface area contributed by atoms with Crippen LogP contribution in [0.25, 0.3) is 11.4 Å². The van der Waals surface area contributed by atoms with Gasteiger partial charge in [0.05, 0.1) is 23.7 Å². The first-order valence-electron chi connectivity index (χ1n) is 5.43. The van der Waals surface area contributed by atoms with Gasteiger partial charge >= 0.3 is 0 Å². The summed E-state index contributed by atoms with van der Waals surface area (Å²) in [5.74, 6) is 0.699. The average Bonchev–Trinajstić information content (AvgIpc) is 2.45. The summed E-state index contributed by atoms with van der Waals surface area (Å²) in [6.45, 7) is 0. The van der Waals surface area contributed by atoms with E-state index in [1.165, 1.54) is 37.1 Å². The number of hydrogen-bond acceptors (Lipinski definition) is 8. The van der Waals surface area contributed by atoms with E-state index in [0.29, 0.717) is 22.3 Å². The molecule has 0 amide bonds. The zero-order valence-corrected chi connectivity index (χ0v) is 11.5. The number of hydrogen-bond donors (Lipinski definition) is 1. The fourth-order valence-electron chi connectivity index (χ4n) is 1.56. The molecule has 2 rings (SSSR count). The number of thioether (sulfide) groups is 1. The second-order valence-corrected chi connectivity index (χ2v) is 4.42. The SMILES string of the molecule is COc1cc([N+](=O)[O-])ccc1-c1nc(N)nc(SC)n1. The molecule has 0 aliphatic rings. The van der Waals surface area contributed by atoms with Crippen LogP contribution in [-0.4, -0.2) is 33.2 Å². The van der Waals surface area contributed by atoms with Crippen LogP contribution >= 0.6 is 11.8 Å². The van der Waals surface area contributed by atoms with E-state index < -0.39 is 4.92 Å². The minimum Gasteiger partial charge on any atom is -0.496 e. The van der Waals surface area contributed by atoms with Gasteiger partial charge in [-0.15, -0.1) is 0 Å². The second kappa shape index (κ2) is 5.70. The minimum absolute atomic E-state index is 0.0716. The molecule has 1 aromatic heterocycles. The number of nitro groups is 1. The molecule has 0 fully saturated rings. The number of rotatable bonds is 4. The molecular formula is C11H11N5O3S. The van der Waals surface area contributed by atoms with Crippen LogP contribution in [0.4, 0.5) is 11.6 Å². The lowest BCUT2D eigenvalue weighted by Crippen LogP contribution is -2.02. The van der Waals surface area contributed by atoms with E-state index in [4.69, 9.17) is 10.5 Å². The number of anilines is 1. The Morgan fingerprint density at radius 1 is 1.35 bits per heavy atom. The Kier molecular flexibility index (Phi) is 3.99. The molecule has 0 unspecified atom stereocenters. The van der Waals surface area contributed by atoms with Crippen LogP contribution in [0.2, 0.25) is 0 Å². The molecule has 0 bridgehead atoms. The van der Waals surface area contributed by atoms with Crippen molar-refractivity contribution in [2.45, 2.75) is 5.16 Å². The highest BCUT2D eigenvalue weighted by Gasteiger charge is 2.16. The standard InChI is InChI=1S/C11H11N5O3S/c1-19-8-5-6(16(17)18)3-4-7(8)9-13-10(12)15-11(14-9)20-2/h3-5H,1-2H3,(H2,12,13,14,15). The summed E-state index contributed by atoms with van der Waals surface area (Å²) >= 11 is 1.32. The minimum atomic E-state index is -0.499. The van der Waals surface area contributed by atoms with E-state index in [0.717, 1.165) is 0 Å². The van der Waals surface area contributed by atoms with Crippen molar-refractivity contribution in [2.24, 2.45) is 0 Å². The summed E-state index contributed by atoms with van der Waals surface area (Å²) in [5.41, 5.74) is 6.06. The molecule has 1 heterocycles. The zero-order valence-electron chi connectivity index (χ0n) is 10.7. The van der Waals surface area contributed by atoms with E-state index in [1.54, 1.807) is 0 Å². The molecule has 1 aromatic carbocycles. The smallest absolute Gasteiger partial charge is 0.273 e. The van der Waals surface area contributed by atoms with Crippen molar-refractivity contribution in [3.05, 3.63) is 28.3 Å². The van der Waals surface area contributed by atoms with E-state index in [9.17, 15) is 10.1 Å². The highest BCUT2D eigenvalue weighted by atomic mass is 32.2. The predicted molar refractivity (Wildman–Crippen MR) is 74.7 cm³/mol. The predicted octanol–water partition coefficient (Wildman–Crippen LogP) is 1.76. The Hall–Kier alpha value is -2.42. The molecule has 0 saturated heterocycles. The van der Waals surface area contributed by atoms with E-state index >= 15 is 0 Å². The third-order valence-electron chi connectivity index (χ3n) is 2.45. The number of ether oxygens (including phenoxy) is 1. The maximum Gasteiger partial charge on any atom is 0.273 e. The summed E-state index contributed by atoms with van der Waals surface area (Å²) < 4.78 is 5.15. The van der Waals surface area contributed by atoms with Gasteiger partial charge in [0, 0.05) is 6.07 Å². The van der Waals surface area contributed by atoms with E-state index in [2.05, 4.69) is 15.0 Å². The lowest BCUT2D eigenvalue weighted by Gasteiger charge is -2.08. The number of benzene rings is 1. The molecule has 2 N–H and O–H groups in total. The lowest BCUT2D eigenvalue weighted by molar-refractivity contribution is -0.384. The summed E-state index contributed by atoms with van der Waals surface area (Å²) in [4.78, 5) is 22.5. The molecule has 20 heavy (non-hydrogen) atoms. The summed E-state index contributed by atoms with van der Waals surface area (Å²) in [5, 5.41) is 11.2. The van der Waals surface area contributed by atoms with Crippen LogP contribution in [-0.2, 0) is 0 Å². The second-order valence-electron chi connectivity index (χ2n) is 3.65. The number of non-ortho nitro benzene ring substituents is 1. The maximum atomic E-state index is 10.8. The normalized spacial score (nSPS) is 10.3. The van der Waals surface area contributed by atoms with Crippen molar-refractivity contribution >= 4 is 23.4 Å². The number of nitrogens with two attached hydrogens (primary N) is 1. The van der Waals surface area contributed by atoms with Crippen LogP contribution in [0.5, 0.6) is 5.75 Å². The number of aromatic nitrogens is 3. The number of nitro benzene ring substituents is 1. The molecule has 2 aromatic rings. The van der Waals surface area contributed by atoms with Crippen molar-refractivity contribution in [2.75, 3.05) is 19.1 Å². The Morgan fingerprint density at radius 3 is 2.70 bits per heavy atom. The fraction of sp³-hybridized carbons (Fsp3) is 0.182. The Labute approximate surface area is 118 Å². The zero-order chi connectivity index (χ0) is 14.7. The van der Waals surface area contributed by atoms with Gasteiger partial charge in [-0.2, -0.15) is 9.97 Å². The van der Waals surface area contributed by atoms with Gasteiger partial charge in [-0.05, 0) is 12.3 Å². The average molecular weight is 293 g/mol. The van der Waals surface area contributed by atoms with Crippen LogP contribution in [0.15, 0.2) is 23.4 Å². The molecule has 0 saturated carbocycles. The van der Waals surface area contributed by atoms with Crippen molar-refractivity contribution in [3.63, 3.8) is 0 Å². The van der Waals surface area contributed by atoms with Crippen LogP contribution < -0.4 is 10.5 Å². The van der Waals surface area contributed by atoms with Gasteiger partial charge < -0.3 is 10.5 Å². The summed E-state index contributed by atoms with van der Waals surface area (Å²) in [6.07, 6.45) is 1.81. The Balaban J connectivity index is 2.57. The Bertz CT molecular complexity index is 665. The van der Waals surface area contributed by atoms with Gasteiger partial charge in [0.1, 0.15) is 5.75 Å². The van der Waals surface area contributed by atoms with Gasteiger partial charge in [-0.1, -0.05) is 11.8 Å². The van der Waals surface area contributed by atoms with Gasteiger partial charge in [-0.25, -0.2) is 4.98 Å². The molecular weight excluding hydrogens is 282 g/mol. The molecule has 8 nitrogen and oxygen atoms in total. The van der Waals surface area contributed by atoms with Crippen molar-refractivity contribution < 1.29 is 9.66 Å². The van der Waals surface area contributed by atoms with Crippen molar-refractivity contribution in [1.82, 2.24) is 15.0 Å². The van der Waals surface area contributed by atoms with Crippen molar-refractivity contribution in [1.29, 1.82) is 0 Å². The third kappa shape index (κ3) is 2.77. The monoisotopic (exact) mass is 293 g/mol. The quantitative estimate of drug-likeness (QED) is 0.514. The molecule has 0 aliphatic carbocycles. The fourth-order valence-corrected chi connectivity index (χ4v) is 1.92. The first kappa shape index (κ1) is 14.0. The third-order valence-corrected chi connectivity index (χ3v) is 3.00. The molecule has 0 radical (unpaired) electrons. The topological polar surface area (TPSA) is 117 Å². The summed E-state index contributed by atoms with van der Waals surface area (Å²) in [7, 11) is 1.42. The van der Waals surface area contributed by atoms with Crippen LogP contribution in [0.3, 0.4) is 0 Å². The highest BCUT2D eigenvalue weighted by Crippen LogP contribution is 2.31. The van der Waals surface area contributed by atoms with Gasteiger partial charge in [0.25, 0.3) is 5.69 Å². The summed E-state index contributed by atoms with van der Waals surface area (Å²) in [6, 6.07) is 4.19. The first-order chi connectivity index (χ1) is 9.55. The molecule has 9 heteroatoms. The molecule has 0 atom stereocenters. The maximum absolute atomic E-state index is 10.8. The largest absolute Gasteiger partial charge is 0.496 e. The number of nitrogens with zero attached hydrogens (tertiary/aromatic N) is 4. The van der Waals surface area contributed by atoms with E-state index in [1.807, 2.05) is 6.26 Å². The number of methoxy groups -OCH3 is 1. The van der Waals surface area contributed by atoms with Crippen molar-refractivity contribution in [3.8, 4) is 17.1 Å².